The van der Waals surface area contributed by atoms with E-state index in [0.29, 0.717) is 23.1 Å². The fourth-order valence-electron chi connectivity index (χ4n) is 2.74. The van der Waals surface area contributed by atoms with E-state index in [9.17, 15) is 4.79 Å². The highest BCUT2D eigenvalue weighted by Crippen LogP contribution is 2.54. The predicted octanol–water partition coefficient (Wildman–Crippen LogP) is 3.45. The number of anilines is 1. The second-order valence-electron chi connectivity index (χ2n) is 5.52. The van der Waals surface area contributed by atoms with Crippen LogP contribution in [0.15, 0.2) is 16.6 Å². The highest BCUT2D eigenvalue weighted by Gasteiger charge is 2.51. The Hall–Kier alpha value is -1.23. The van der Waals surface area contributed by atoms with Gasteiger partial charge < -0.3 is 14.8 Å². The third-order valence-corrected chi connectivity index (χ3v) is 4.76. The summed E-state index contributed by atoms with van der Waals surface area (Å²) >= 11 is 3.43. The van der Waals surface area contributed by atoms with Gasteiger partial charge in [0.05, 0.1) is 24.4 Å². The number of carbonyl (C=O) groups excluding carboxylic acids is 1. The zero-order chi connectivity index (χ0) is 14.3. The number of halogens is 1. The number of hydrogen-bond acceptors (Lipinski definition) is 3. The van der Waals surface area contributed by atoms with E-state index >= 15 is 0 Å². The van der Waals surface area contributed by atoms with Gasteiger partial charge in [-0.3, -0.25) is 4.79 Å². The highest BCUT2D eigenvalue weighted by atomic mass is 79.9. The van der Waals surface area contributed by atoms with Crippen LogP contribution in [0.3, 0.4) is 0 Å². The van der Waals surface area contributed by atoms with Gasteiger partial charge in [-0.25, -0.2) is 0 Å². The lowest BCUT2D eigenvalue weighted by Gasteiger charge is -2.13. The lowest BCUT2D eigenvalue weighted by molar-refractivity contribution is -0.117. The zero-order valence-corrected chi connectivity index (χ0v) is 13.2. The molecular weight excluding hydrogens is 322 g/mol. The number of rotatable bonds is 5. The van der Waals surface area contributed by atoms with Crippen LogP contribution in [0, 0.1) is 17.8 Å². The van der Waals surface area contributed by atoms with Crippen molar-refractivity contribution in [3.8, 4) is 11.5 Å². The van der Waals surface area contributed by atoms with Crippen molar-refractivity contribution >= 4 is 27.5 Å². The van der Waals surface area contributed by atoms with Crippen molar-refractivity contribution in [1.82, 2.24) is 0 Å². The molecule has 0 radical (unpaired) electrons. The number of nitrogens with one attached hydrogen (secondary N) is 1. The predicted molar refractivity (Wildman–Crippen MR) is 80.2 cm³/mol. The molecule has 108 valence electrons. The molecule has 2 saturated carbocycles. The first-order valence-electron chi connectivity index (χ1n) is 6.86. The quantitative estimate of drug-likeness (QED) is 0.893. The Morgan fingerprint density at radius 1 is 1.25 bits per heavy atom. The molecule has 0 aliphatic heterocycles. The molecule has 5 heteroatoms. The minimum Gasteiger partial charge on any atom is -0.495 e. The summed E-state index contributed by atoms with van der Waals surface area (Å²) < 4.78 is 11.3. The molecule has 3 rings (SSSR count). The number of hydrogen-bond donors (Lipinski definition) is 1. The van der Waals surface area contributed by atoms with Crippen LogP contribution < -0.4 is 14.8 Å². The van der Waals surface area contributed by atoms with Crippen molar-refractivity contribution in [1.29, 1.82) is 0 Å². The van der Waals surface area contributed by atoms with Gasteiger partial charge in [0.25, 0.3) is 0 Å². The Morgan fingerprint density at radius 3 is 2.55 bits per heavy atom. The van der Waals surface area contributed by atoms with E-state index in [-0.39, 0.29) is 11.8 Å². The molecule has 0 bridgehead atoms. The SMILES string of the molecule is COc1cc(OC)c(NC(=O)[C@H]2C[C@H]2C2CC2)cc1Br. The molecule has 4 nitrogen and oxygen atoms in total. The summed E-state index contributed by atoms with van der Waals surface area (Å²) in [5.41, 5.74) is 0.687. The Bertz CT molecular complexity index is 542. The minimum absolute atomic E-state index is 0.109. The summed E-state index contributed by atoms with van der Waals surface area (Å²) in [6, 6.07) is 3.59. The summed E-state index contributed by atoms with van der Waals surface area (Å²) in [5.74, 6) is 3.01. The fourth-order valence-corrected chi connectivity index (χ4v) is 3.25. The van der Waals surface area contributed by atoms with E-state index < -0.39 is 0 Å². The van der Waals surface area contributed by atoms with Crippen LogP contribution in [-0.2, 0) is 4.79 Å². The number of carbonyl (C=O) groups is 1. The molecule has 0 unspecified atom stereocenters. The lowest BCUT2D eigenvalue weighted by atomic mass is 10.2. The molecule has 2 aliphatic rings. The van der Waals surface area contributed by atoms with E-state index in [1.807, 2.05) is 6.07 Å². The van der Waals surface area contributed by atoms with Gasteiger partial charge in [-0.1, -0.05) is 0 Å². The number of ether oxygens (including phenoxy) is 2. The van der Waals surface area contributed by atoms with Gasteiger partial charge in [0.2, 0.25) is 5.91 Å². The van der Waals surface area contributed by atoms with Gasteiger partial charge >= 0.3 is 0 Å². The maximum absolute atomic E-state index is 12.2. The van der Waals surface area contributed by atoms with Crippen LogP contribution in [0.5, 0.6) is 11.5 Å². The molecule has 2 atom stereocenters. The van der Waals surface area contributed by atoms with Crippen molar-refractivity contribution in [3.05, 3.63) is 16.6 Å². The first-order valence-corrected chi connectivity index (χ1v) is 7.65. The van der Waals surface area contributed by atoms with E-state index in [2.05, 4.69) is 21.2 Å². The van der Waals surface area contributed by atoms with Crippen molar-refractivity contribution in [2.75, 3.05) is 19.5 Å². The van der Waals surface area contributed by atoms with E-state index in [4.69, 9.17) is 9.47 Å². The molecule has 0 spiro atoms. The van der Waals surface area contributed by atoms with Gasteiger partial charge in [-0.05, 0) is 53.1 Å². The first kappa shape index (κ1) is 13.7. The molecule has 1 amide bonds. The summed E-state index contributed by atoms with van der Waals surface area (Å²) in [5, 5.41) is 2.98. The molecule has 1 aromatic carbocycles. The van der Waals surface area contributed by atoms with Crippen LogP contribution in [0.25, 0.3) is 0 Å². The van der Waals surface area contributed by atoms with Gasteiger partial charge in [0.15, 0.2) is 0 Å². The van der Waals surface area contributed by atoms with E-state index in [0.717, 1.165) is 16.8 Å². The van der Waals surface area contributed by atoms with E-state index in [1.165, 1.54) is 12.8 Å². The van der Waals surface area contributed by atoms with Gasteiger partial charge in [-0.2, -0.15) is 0 Å². The molecule has 2 aliphatic carbocycles. The van der Waals surface area contributed by atoms with Gasteiger partial charge in [0.1, 0.15) is 11.5 Å². The topological polar surface area (TPSA) is 47.6 Å². The average Bonchev–Trinajstić information content (AvgIpc) is 3.28. The Labute approximate surface area is 127 Å². The third-order valence-electron chi connectivity index (χ3n) is 4.14. The average molecular weight is 340 g/mol. The summed E-state index contributed by atoms with van der Waals surface area (Å²) in [6.07, 6.45) is 3.63. The molecule has 0 heterocycles. The third kappa shape index (κ3) is 2.64. The normalized spacial score (nSPS) is 24.1. The molecule has 0 saturated heterocycles. The smallest absolute Gasteiger partial charge is 0.227 e. The largest absolute Gasteiger partial charge is 0.495 e. The maximum Gasteiger partial charge on any atom is 0.227 e. The second-order valence-corrected chi connectivity index (χ2v) is 6.37. The highest BCUT2D eigenvalue weighted by molar-refractivity contribution is 9.10. The first-order chi connectivity index (χ1) is 9.63. The summed E-state index contributed by atoms with van der Waals surface area (Å²) in [6.45, 7) is 0. The van der Waals surface area contributed by atoms with Crippen LogP contribution in [0.4, 0.5) is 5.69 Å². The molecule has 2 fully saturated rings. The Kier molecular flexibility index (Phi) is 3.63. The molecule has 20 heavy (non-hydrogen) atoms. The van der Waals surface area contributed by atoms with Crippen molar-refractivity contribution in [3.63, 3.8) is 0 Å². The molecule has 0 aromatic heterocycles. The minimum atomic E-state index is 0.109. The van der Waals surface area contributed by atoms with Crippen LogP contribution in [0.1, 0.15) is 19.3 Å². The van der Waals surface area contributed by atoms with Gasteiger partial charge in [-0.15, -0.1) is 0 Å². The van der Waals surface area contributed by atoms with Crippen LogP contribution in [0.2, 0.25) is 0 Å². The molecule has 1 N–H and O–H groups in total. The molecular formula is C15H18BrNO3. The van der Waals surface area contributed by atoms with Crippen LogP contribution >= 0.6 is 15.9 Å². The number of benzene rings is 1. The summed E-state index contributed by atoms with van der Waals surface area (Å²) in [4.78, 5) is 12.2. The van der Waals surface area contributed by atoms with Crippen molar-refractivity contribution < 1.29 is 14.3 Å². The molecule has 1 aromatic rings. The van der Waals surface area contributed by atoms with Gasteiger partial charge in [0, 0.05) is 12.0 Å². The lowest BCUT2D eigenvalue weighted by Crippen LogP contribution is -2.15. The fraction of sp³-hybridized carbons (Fsp3) is 0.533. The van der Waals surface area contributed by atoms with Crippen LogP contribution in [-0.4, -0.2) is 20.1 Å². The maximum atomic E-state index is 12.2. The number of amides is 1. The second kappa shape index (κ2) is 5.28. The Balaban J connectivity index is 1.73. The zero-order valence-electron chi connectivity index (χ0n) is 11.6. The monoisotopic (exact) mass is 339 g/mol. The van der Waals surface area contributed by atoms with E-state index in [1.54, 1.807) is 20.3 Å². The van der Waals surface area contributed by atoms with Crippen molar-refractivity contribution in [2.45, 2.75) is 19.3 Å². The van der Waals surface area contributed by atoms with Crippen molar-refractivity contribution in [2.24, 2.45) is 17.8 Å². The Morgan fingerprint density at radius 2 is 1.95 bits per heavy atom. The number of methoxy groups -OCH3 is 2. The standard InChI is InChI=1S/C15H18BrNO3/c1-19-13-7-14(20-2)12(6-11(13)16)17-15(18)10-5-9(10)8-3-4-8/h6-10H,3-5H2,1-2H3,(H,17,18)/t9-,10-/m0/s1. The summed E-state index contributed by atoms with van der Waals surface area (Å²) in [7, 11) is 3.19.